The molecule has 17 heavy (non-hydrogen) atoms. The Morgan fingerprint density at radius 2 is 1.59 bits per heavy atom. The lowest BCUT2D eigenvalue weighted by Gasteiger charge is -2.16. The molecule has 0 aromatic rings. The highest BCUT2D eigenvalue weighted by molar-refractivity contribution is 4.64. The summed E-state index contributed by atoms with van der Waals surface area (Å²) in [5, 5.41) is 10.4. The Hall–Kier alpha value is -0.160. The maximum atomic E-state index is 3.53. The first-order valence-electron chi connectivity index (χ1n) is 6.84. The largest absolute Gasteiger partial charge is 0.315 e. The lowest BCUT2D eigenvalue weighted by Crippen LogP contribution is -2.36. The molecule has 0 bridgehead atoms. The summed E-state index contributed by atoms with van der Waals surface area (Å²) in [7, 11) is 4.21. The van der Waals surface area contributed by atoms with Crippen molar-refractivity contribution in [2.45, 2.75) is 39.3 Å². The molecule has 0 aliphatic carbocycles. The normalized spacial score (nSPS) is 13.6. The zero-order chi connectivity index (χ0) is 13.1. The highest BCUT2D eigenvalue weighted by Gasteiger charge is 2.00. The van der Waals surface area contributed by atoms with Gasteiger partial charge in [-0.2, -0.15) is 0 Å². The van der Waals surface area contributed by atoms with Gasteiger partial charge in [-0.1, -0.05) is 13.8 Å². The Morgan fingerprint density at radius 3 is 2.18 bits per heavy atom. The van der Waals surface area contributed by atoms with E-state index in [4.69, 9.17) is 0 Å². The van der Waals surface area contributed by atoms with Crippen LogP contribution in [0.3, 0.4) is 0 Å². The molecule has 0 rings (SSSR count). The van der Waals surface area contributed by atoms with Crippen LogP contribution < -0.4 is 16.0 Å². The summed E-state index contributed by atoms with van der Waals surface area (Å²) in [5.74, 6) is 0. The zero-order valence-electron chi connectivity index (χ0n) is 12.3. The molecule has 3 N–H and O–H groups in total. The quantitative estimate of drug-likeness (QED) is 0.463. The van der Waals surface area contributed by atoms with Crippen LogP contribution in [0.4, 0.5) is 0 Å². The van der Waals surface area contributed by atoms with E-state index in [-0.39, 0.29) is 0 Å². The molecular formula is C13H32N4. The molecule has 4 heteroatoms. The summed E-state index contributed by atoms with van der Waals surface area (Å²) in [6.07, 6.45) is 1.19. The Kier molecular flexibility index (Phi) is 10.9. The Labute approximate surface area is 108 Å². The number of rotatable bonds is 11. The molecule has 4 nitrogen and oxygen atoms in total. The molecule has 0 fully saturated rings. The predicted molar refractivity (Wildman–Crippen MR) is 76.6 cm³/mol. The third kappa shape index (κ3) is 13.8. The predicted octanol–water partition coefficient (Wildman–Crippen LogP) is 0.504. The molecule has 0 amide bonds. The SMILES string of the molecule is CC(C)NCCNCCC(C)NCCN(C)C. The van der Waals surface area contributed by atoms with Gasteiger partial charge >= 0.3 is 0 Å². The van der Waals surface area contributed by atoms with Gasteiger partial charge in [0.05, 0.1) is 0 Å². The summed E-state index contributed by atoms with van der Waals surface area (Å²) in [6.45, 7) is 12.0. The second kappa shape index (κ2) is 11.0. The van der Waals surface area contributed by atoms with E-state index in [1.807, 2.05) is 0 Å². The van der Waals surface area contributed by atoms with Crippen molar-refractivity contribution in [2.24, 2.45) is 0 Å². The highest BCUT2D eigenvalue weighted by Crippen LogP contribution is 1.88. The van der Waals surface area contributed by atoms with Gasteiger partial charge < -0.3 is 20.9 Å². The van der Waals surface area contributed by atoms with Crippen LogP contribution in [0, 0.1) is 0 Å². The number of hydrogen-bond acceptors (Lipinski definition) is 4. The summed E-state index contributed by atoms with van der Waals surface area (Å²) in [6, 6.07) is 1.18. The van der Waals surface area contributed by atoms with Crippen LogP contribution in [0.15, 0.2) is 0 Å². The van der Waals surface area contributed by atoms with Crippen LogP contribution in [-0.4, -0.2) is 63.8 Å². The van der Waals surface area contributed by atoms with Gasteiger partial charge in [0.25, 0.3) is 0 Å². The van der Waals surface area contributed by atoms with Gasteiger partial charge in [-0.15, -0.1) is 0 Å². The average Bonchev–Trinajstić information content (AvgIpc) is 2.22. The van der Waals surface area contributed by atoms with Crippen molar-refractivity contribution in [3.05, 3.63) is 0 Å². The van der Waals surface area contributed by atoms with E-state index in [9.17, 15) is 0 Å². The Bertz CT molecular complexity index is 159. The van der Waals surface area contributed by atoms with Crippen molar-refractivity contribution in [3.8, 4) is 0 Å². The minimum absolute atomic E-state index is 0.587. The van der Waals surface area contributed by atoms with E-state index in [0.717, 1.165) is 32.7 Å². The van der Waals surface area contributed by atoms with Crippen molar-refractivity contribution >= 4 is 0 Å². The summed E-state index contributed by atoms with van der Waals surface area (Å²) in [5.41, 5.74) is 0. The highest BCUT2D eigenvalue weighted by atomic mass is 15.1. The van der Waals surface area contributed by atoms with E-state index >= 15 is 0 Å². The van der Waals surface area contributed by atoms with Crippen LogP contribution >= 0.6 is 0 Å². The molecule has 0 aliphatic rings. The zero-order valence-corrected chi connectivity index (χ0v) is 12.3. The minimum Gasteiger partial charge on any atom is -0.315 e. The van der Waals surface area contributed by atoms with Gasteiger partial charge in [-0.05, 0) is 34.0 Å². The van der Waals surface area contributed by atoms with E-state index in [0.29, 0.717) is 12.1 Å². The second-order valence-electron chi connectivity index (χ2n) is 5.31. The summed E-state index contributed by atoms with van der Waals surface area (Å²) >= 11 is 0. The molecular weight excluding hydrogens is 212 g/mol. The Morgan fingerprint density at radius 1 is 0.882 bits per heavy atom. The maximum Gasteiger partial charge on any atom is 0.0101 e. The third-order valence-electron chi connectivity index (χ3n) is 2.66. The molecule has 0 heterocycles. The number of hydrogen-bond donors (Lipinski definition) is 3. The van der Waals surface area contributed by atoms with Gasteiger partial charge in [0.15, 0.2) is 0 Å². The molecule has 104 valence electrons. The van der Waals surface area contributed by atoms with Gasteiger partial charge in [-0.3, -0.25) is 0 Å². The molecule has 0 spiro atoms. The van der Waals surface area contributed by atoms with Crippen LogP contribution in [-0.2, 0) is 0 Å². The molecule has 0 saturated heterocycles. The molecule has 0 aromatic heterocycles. The van der Waals surface area contributed by atoms with Crippen LogP contribution in [0.25, 0.3) is 0 Å². The van der Waals surface area contributed by atoms with Crippen molar-refractivity contribution in [3.63, 3.8) is 0 Å². The van der Waals surface area contributed by atoms with Crippen molar-refractivity contribution in [2.75, 3.05) is 46.8 Å². The fourth-order valence-corrected chi connectivity index (χ4v) is 1.53. The van der Waals surface area contributed by atoms with Gasteiger partial charge in [-0.25, -0.2) is 0 Å². The lowest BCUT2D eigenvalue weighted by atomic mass is 10.2. The van der Waals surface area contributed by atoms with Crippen LogP contribution in [0.1, 0.15) is 27.2 Å². The second-order valence-corrected chi connectivity index (χ2v) is 5.31. The molecule has 0 saturated carbocycles. The van der Waals surface area contributed by atoms with E-state index in [2.05, 4.69) is 55.7 Å². The smallest absolute Gasteiger partial charge is 0.0101 e. The molecule has 1 unspecified atom stereocenters. The third-order valence-corrected chi connectivity index (χ3v) is 2.66. The fourth-order valence-electron chi connectivity index (χ4n) is 1.53. The van der Waals surface area contributed by atoms with E-state index in [1.165, 1.54) is 6.42 Å². The first kappa shape index (κ1) is 16.8. The van der Waals surface area contributed by atoms with Crippen LogP contribution in [0.5, 0.6) is 0 Å². The number of nitrogens with zero attached hydrogens (tertiary/aromatic N) is 1. The number of likely N-dealkylation sites (N-methyl/N-ethyl adjacent to an activating group) is 1. The Balaban J connectivity index is 3.19. The standard InChI is InChI=1S/C13H32N4/c1-12(2)15-9-8-14-7-6-13(3)16-10-11-17(4)5/h12-16H,6-11H2,1-5H3. The summed E-state index contributed by atoms with van der Waals surface area (Å²) in [4.78, 5) is 2.20. The average molecular weight is 244 g/mol. The van der Waals surface area contributed by atoms with Gasteiger partial charge in [0.1, 0.15) is 0 Å². The summed E-state index contributed by atoms with van der Waals surface area (Å²) < 4.78 is 0. The molecule has 0 aliphatic heterocycles. The molecule has 0 aromatic carbocycles. The van der Waals surface area contributed by atoms with Crippen molar-refractivity contribution in [1.82, 2.24) is 20.9 Å². The molecule has 1 atom stereocenters. The van der Waals surface area contributed by atoms with E-state index in [1.54, 1.807) is 0 Å². The maximum absolute atomic E-state index is 3.53. The monoisotopic (exact) mass is 244 g/mol. The van der Waals surface area contributed by atoms with Crippen molar-refractivity contribution in [1.29, 1.82) is 0 Å². The fraction of sp³-hybridized carbons (Fsp3) is 1.00. The lowest BCUT2D eigenvalue weighted by molar-refractivity contribution is 0.381. The van der Waals surface area contributed by atoms with E-state index < -0.39 is 0 Å². The van der Waals surface area contributed by atoms with Gasteiger partial charge in [0, 0.05) is 38.3 Å². The molecule has 0 radical (unpaired) electrons. The topological polar surface area (TPSA) is 39.3 Å². The first-order chi connectivity index (χ1) is 8.02. The van der Waals surface area contributed by atoms with Gasteiger partial charge in [0.2, 0.25) is 0 Å². The van der Waals surface area contributed by atoms with Crippen LogP contribution in [0.2, 0.25) is 0 Å². The van der Waals surface area contributed by atoms with Crippen molar-refractivity contribution < 1.29 is 0 Å². The minimum atomic E-state index is 0.587. The first-order valence-corrected chi connectivity index (χ1v) is 6.84. The number of nitrogens with one attached hydrogen (secondary N) is 3.